The predicted molar refractivity (Wildman–Crippen MR) is 58.0 cm³/mol. The maximum Gasteiger partial charge on any atom is 0.136 e. The van der Waals surface area contributed by atoms with Crippen LogP contribution >= 0.6 is 0 Å². The highest BCUT2D eigenvalue weighted by Gasteiger charge is 2.02. The highest BCUT2D eigenvalue weighted by atomic mass is 16.3. The van der Waals surface area contributed by atoms with Crippen LogP contribution < -0.4 is 11.1 Å². The number of nitrogen functional groups attached to an aromatic ring is 1. The first-order chi connectivity index (χ1) is 6.79. The summed E-state index contributed by atoms with van der Waals surface area (Å²) in [6.07, 6.45) is 0. The van der Waals surface area contributed by atoms with E-state index < -0.39 is 0 Å². The van der Waals surface area contributed by atoms with Crippen molar-refractivity contribution < 1.29 is 4.42 Å². The van der Waals surface area contributed by atoms with Crippen molar-refractivity contribution in [1.82, 2.24) is 5.32 Å². The number of nitrogens with two attached hydrogens (primary N) is 1. The van der Waals surface area contributed by atoms with Gasteiger partial charge in [-0.05, 0) is 24.7 Å². The van der Waals surface area contributed by atoms with E-state index in [1.165, 1.54) is 0 Å². The molecule has 0 fully saturated rings. The summed E-state index contributed by atoms with van der Waals surface area (Å²) in [6.45, 7) is 3.78. The minimum Gasteiger partial charge on any atom is -0.460 e. The van der Waals surface area contributed by atoms with Crippen molar-refractivity contribution in [2.45, 2.75) is 13.5 Å². The third-order valence-corrected chi connectivity index (χ3v) is 2.14. The van der Waals surface area contributed by atoms with E-state index in [0.717, 1.165) is 35.5 Å². The molecule has 1 aromatic heterocycles. The van der Waals surface area contributed by atoms with Crippen LogP contribution in [0.1, 0.15) is 12.7 Å². The van der Waals surface area contributed by atoms with Crippen molar-refractivity contribution in [2.24, 2.45) is 0 Å². The highest BCUT2D eigenvalue weighted by Crippen LogP contribution is 2.21. The standard InChI is InChI=1S/C11H14N2O/c1-2-13-7-10-5-8-3-4-9(12)6-11(8)14-10/h3-6,13H,2,7,12H2,1H3. The minimum absolute atomic E-state index is 0.738. The molecule has 74 valence electrons. The molecule has 1 aromatic carbocycles. The summed E-state index contributed by atoms with van der Waals surface area (Å²) < 4.78 is 5.61. The summed E-state index contributed by atoms with van der Waals surface area (Å²) in [5, 5.41) is 4.32. The molecular weight excluding hydrogens is 176 g/mol. The number of fused-ring (bicyclic) bond motifs is 1. The Labute approximate surface area is 82.9 Å². The van der Waals surface area contributed by atoms with E-state index in [2.05, 4.69) is 12.2 Å². The smallest absolute Gasteiger partial charge is 0.136 e. The van der Waals surface area contributed by atoms with Crippen molar-refractivity contribution in [3.63, 3.8) is 0 Å². The Morgan fingerprint density at radius 1 is 1.36 bits per heavy atom. The Kier molecular flexibility index (Phi) is 2.41. The Hall–Kier alpha value is -1.48. The Bertz CT molecular complexity index is 434. The van der Waals surface area contributed by atoms with Crippen LogP contribution in [-0.2, 0) is 6.54 Å². The number of furan rings is 1. The fourth-order valence-corrected chi connectivity index (χ4v) is 1.44. The van der Waals surface area contributed by atoms with Gasteiger partial charge in [-0.3, -0.25) is 0 Å². The molecular formula is C11H14N2O. The second-order valence-corrected chi connectivity index (χ2v) is 3.29. The van der Waals surface area contributed by atoms with Crippen LogP contribution in [0.5, 0.6) is 0 Å². The second kappa shape index (κ2) is 3.72. The van der Waals surface area contributed by atoms with Gasteiger partial charge in [0, 0.05) is 17.1 Å². The Morgan fingerprint density at radius 3 is 3.00 bits per heavy atom. The molecule has 0 spiro atoms. The van der Waals surface area contributed by atoms with Crippen LogP contribution in [0.2, 0.25) is 0 Å². The third kappa shape index (κ3) is 1.72. The number of nitrogens with one attached hydrogen (secondary N) is 1. The van der Waals surface area contributed by atoms with Crippen LogP contribution in [0, 0.1) is 0 Å². The van der Waals surface area contributed by atoms with Gasteiger partial charge >= 0.3 is 0 Å². The summed E-state index contributed by atoms with van der Waals surface area (Å²) in [4.78, 5) is 0. The fourth-order valence-electron chi connectivity index (χ4n) is 1.44. The zero-order valence-corrected chi connectivity index (χ0v) is 8.21. The lowest BCUT2D eigenvalue weighted by molar-refractivity contribution is 0.520. The van der Waals surface area contributed by atoms with E-state index in [1.54, 1.807) is 0 Å². The number of anilines is 1. The molecule has 0 saturated carbocycles. The molecule has 14 heavy (non-hydrogen) atoms. The van der Waals surface area contributed by atoms with Gasteiger partial charge in [0.15, 0.2) is 0 Å². The molecule has 2 aromatic rings. The SMILES string of the molecule is CCNCc1cc2ccc(N)cc2o1. The summed E-state index contributed by atoms with van der Waals surface area (Å²) in [6, 6.07) is 7.75. The van der Waals surface area contributed by atoms with Gasteiger partial charge in [0.05, 0.1) is 6.54 Å². The molecule has 2 rings (SSSR count). The summed E-state index contributed by atoms with van der Waals surface area (Å²) in [7, 11) is 0. The van der Waals surface area contributed by atoms with E-state index >= 15 is 0 Å². The van der Waals surface area contributed by atoms with Gasteiger partial charge in [0.1, 0.15) is 11.3 Å². The number of benzene rings is 1. The van der Waals surface area contributed by atoms with Crippen LogP contribution in [-0.4, -0.2) is 6.54 Å². The molecule has 0 bridgehead atoms. The second-order valence-electron chi connectivity index (χ2n) is 3.29. The molecule has 0 aliphatic carbocycles. The lowest BCUT2D eigenvalue weighted by Gasteiger charge is -1.95. The Morgan fingerprint density at radius 2 is 2.21 bits per heavy atom. The zero-order chi connectivity index (χ0) is 9.97. The van der Waals surface area contributed by atoms with Gasteiger partial charge in [0.2, 0.25) is 0 Å². The molecule has 0 aliphatic rings. The minimum atomic E-state index is 0.738. The van der Waals surface area contributed by atoms with Gasteiger partial charge in [-0.15, -0.1) is 0 Å². The van der Waals surface area contributed by atoms with Crippen molar-refractivity contribution in [3.8, 4) is 0 Å². The Balaban J connectivity index is 2.32. The van der Waals surface area contributed by atoms with Gasteiger partial charge < -0.3 is 15.5 Å². The van der Waals surface area contributed by atoms with E-state index in [4.69, 9.17) is 10.2 Å². The maximum absolute atomic E-state index is 5.66. The van der Waals surface area contributed by atoms with Crippen LogP contribution in [0.25, 0.3) is 11.0 Å². The molecule has 0 amide bonds. The van der Waals surface area contributed by atoms with Crippen LogP contribution in [0.3, 0.4) is 0 Å². The summed E-state index contributed by atoms with van der Waals surface area (Å²) in [5.41, 5.74) is 7.25. The molecule has 1 heterocycles. The molecule has 0 unspecified atom stereocenters. The number of hydrogen-bond donors (Lipinski definition) is 2. The van der Waals surface area contributed by atoms with Gasteiger partial charge in [-0.1, -0.05) is 6.92 Å². The third-order valence-electron chi connectivity index (χ3n) is 2.14. The lowest BCUT2D eigenvalue weighted by atomic mass is 10.2. The van der Waals surface area contributed by atoms with Crippen molar-refractivity contribution in [2.75, 3.05) is 12.3 Å². The summed E-state index contributed by atoms with van der Waals surface area (Å²) >= 11 is 0. The highest BCUT2D eigenvalue weighted by molar-refractivity contribution is 5.81. The van der Waals surface area contributed by atoms with Gasteiger partial charge in [0.25, 0.3) is 0 Å². The van der Waals surface area contributed by atoms with Crippen LogP contribution in [0.15, 0.2) is 28.7 Å². The first kappa shape index (κ1) is 9.09. The van der Waals surface area contributed by atoms with Crippen molar-refractivity contribution in [1.29, 1.82) is 0 Å². The van der Waals surface area contributed by atoms with Crippen molar-refractivity contribution >= 4 is 16.7 Å². The van der Waals surface area contributed by atoms with Gasteiger partial charge in [-0.2, -0.15) is 0 Å². The molecule has 0 saturated heterocycles. The maximum atomic E-state index is 5.66. The first-order valence-electron chi connectivity index (χ1n) is 4.78. The molecule has 3 nitrogen and oxygen atoms in total. The van der Waals surface area contributed by atoms with E-state index in [1.807, 2.05) is 24.3 Å². The molecule has 0 aliphatic heterocycles. The van der Waals surface area contributed by atoms with Crippen molar-refractivity contribution in [3.05, 3.63) is 30.0 Å². The average molecular weight is 190 g/mol. The normalized spacial score (nSPS) is 10.9. The zero-order valence-electron chi connectivity index (χ0n) is 8.21. The average Bonchev–Trinajstić information content (AvgIpc) is 2.56. The monoisotopic (exact) mass is 190 g/mol. The fraction of sp³-hybridized carbons (Fsp3) is 0.273. The summed E-state index contributed by atoms with van der Waals surface area (Å²) in [5.74, 6) is 0.951. The van der Waals surface area contributed by atoms with E-state index in [9.17, 15) is 0 Å². The van der Waals surface area contributed by atoms with E-state index in [-0.39, 0.29) is 0 Å². The van der Waals surface area contributed by atoms with Gasteiger partial charge in [-0.25, -0.2) is 0 Å². The van der Waals surface area contributed by atoms with E-state index in [0.29, 0.717) is 0 Å². The molecule has 0 atom stereocenters. The quantitative estimate of drug-likeness (QED) is 0.729. The molecule has 3 N–H and O–H groups in total. The van der Waals surface area contributed by atoms with Crippen LogP contribution in [0.4, 0.5) is 5.69 Å². The molecule has 0 radical (unpaired) electrons. The number of hydrogen-bond acceptors (Lipinski definition) is 3. The number of rotatable bonds is 3. The molecule has 3 heteroatoms. The first-order valence-corrected chi connectivity index (χ1v) is 4.78. The predicted octanol–water partition coefficient (Wildman–Crippen LogP) is 2.12. The largest absolute Gasteiger partial charge is 0.460 e. The topological polar surface area (TPSA) is 51.2 Å². The lowest BCUT2D eigenvalue weighted by Crippen LogP contribution is -2.10.